The number of allylic oxidation sites excluding steroid dienone is 2. The Labute approximate surface area is 137 Å². The molecule has 24 heavy (non-hydrogen) atoms. The van der Waals surface area contributed by atoms with Gasteiger partial charge < -0.3 is 20.6 Å². The largest absolute Gasteiger partial charge is 0.505 e. The van der Waals surface area contributed by atoms with Gasteiger partial charge in [0.15, 0.2) is 6.04 Å². The number of nitrogens with one attached hydrogen (secondary N) is 1. The molecule has 126 valence electrons. The second-order valence-electron chi connectivity index (χ2n) is 5.44. The first-order chi connectivity index (χ1) is 11.3. The highest BCUT2D eigenvalue weighted by atomic mass is 16.4. The first-order valence-electron chi connectivity index (χ1n) is 7.25. The Balaban J connectivity index is 2.35. The van der Waals surface area contributed by atoms with Gasteiger partial charge in [0.05, 0.1) is 17.4 Å². The van der Waals surface area contributed by atoms with Crippen LogP contribution in [0.5, 0.6) is 0 Å². The third kappa shape index (κ3) is 3.69. The number of hydrogen-bond acceptors (Lipinski definition) is 6. The summed E-state index contributed by atoms with van der Waals surface area (Å²) in [5.74, 6) is -3.55. The van der Waals surface area contributed by atoms with Gasteiger partial charge in [0, 0.05) is 12.5 Å². The lowest BCUT2D eigenvalue weighted by molar-refractivity contribution is -0.141. The summed E-state index contributed by atoms with van der Waals surface area (Å²) in [4.78, 5) is 35.0. The van der Waals surface area contributed by atoms with Crippen LogP contribution in [0.2, 0.25) is 0 Å². The second-order valence-corrected chi connectivity index (χ2v) is 5.44. The van der Waals surface area contributed by atoms with Gasteiger partial charge in [-0.1, -0.05) is 30.3 Å². The van der Waals surface area contributed by atoms with E-state index >= 15 is 0 Å². The van der Waals surface area contributed by atoms with Gasteiger partial charge in [-0.25, -0.2) is 4.79 Å². The summed E-state index contributed by atoms with van der Waals surface area (Å²) in [7, 11) is 0. The van der Waals surface area contributed by atoms with Crippen LogP contribution in [0, 0.1) is 0 Å². The molecule has 0 fully saturated rings. The van der Waals surface area contributed by atoms with E-state index in [1.165, 1.54) is 6.92 Å². The summed E-state index contributed by atoms with van der Waals surface area (Å²) in [5, 5.41) is 31.3. The minimum absolute atomic E-state index is 0.0304. The van der Waals surface area contributed by atoms with E-state index in [0.29, 0.717) is 5.56 Å². The Morgan fingerprint density at radius 3 is 2.38 bits per heavy atom. The van der Waals surface area contributed by atoms with E-state index in [2.05, 4.69) is 5.32 Å². The van der Waals surface area contributed by atoms with Crippen molar-refractivity contribution in [3.63, 3.8) is 0 Å². The maximum atomic E-state index is 12.0. The van der Waals surface area contributed by atoms with Crippen LogP contribution in [0.15, 0.2) is 53.4 Å². The Bertz CT molecular complexity index is 733. The summed E-state index contributed by atoms with van der Waals surface area (Å²) in [6.07, 6.45) is -0.408. The molecule has 0 amide bonds. The molecule has 0 spiro atoms. The normalized spacial score (nSPS) is 17.3. The van der Waals surface area contributed by atoms with Crippen molar-refractivity contribution >= 4 is 17.5 Å². The van der Waals surface area contributed by atoms with Crippen LogP contribution in [-0.2, 0) is 20.8 Å². The molecule has 1 aromatic carbocycles. The first kappa shape index (κ1) is 17.4. The number of Topliss-reactive ketones (excluding diaryl/α,β-unsaturated/α-hetero) is 1. The molecule has 1 aliphatic carbocycles. The average Bonchev–Trinajstić information content (AvgIpc) is 2.54. The van der Waals surface area contributed by atoms with E-state index in [1.807, 2.05) is 0 Å². The summed E-state index contributed by atoms with van der Waals surface area (Å²) >= 11 is 0. The lowest BCUT2D eigenvalue weighted by atomic mass is 9.92. The maximum Gasteiger partial charge on any atom is 0.328 e. The van der Waals surface area contributed by atoms with Gasteiger partial charge in [-0.3, -0.25) is 9.59 Å². The number of aliphatic carboxylic acids is 1. The average molecular weight is 331 g/mol. The third-order valence-corrected chi connectivity index (χ3v) is 3.60. The Kier molecular flexibility index (Phi) is 5.15. The SMILES string of the molecule is C[C@@H](O)[C@H](NC1=CC(=O)C(=O)C(Cc2ccccc2)=C1O)C(=O)O. The number of rotatable bonds is 6. The van der Waals surface area contributed by atoms with Gasteiger partial charge >= 0.3 is 5.97 Å². The number of benzene rings is 1. The third-order valence-electron chi connectivity index (χ3n) is 3.60. The number of carbonyl (C=O) groups excluding carboxylic acids is 2. The van der Waals surface area contributed by atoms with Crippen LogP contribution in [0.25, 0.3) is 0 Å². The molecule has 7 heteroatoms. The Morgan fingerprint density at radius 1 is 1.21 bits per heavy atom. The standard InChI is InChI=1S/C17H17NO6/c1-9(19)14(17(23)24)18-12-8-13(20)16(22)11(15(12)21)7-10-5-3-2-4-6-10/h2-6,8-9,14,18-19,21H,7H2,1H3,(H,23,24)/t9-,14+/m1/s1. The molecular weight excluding hydrogens is 314 g/mol. The molecule has 0 saturated heterocycles. The van der Waals surface area contributed by atoms with Gasteiger partial charge in [0.1, 0.15) is 5.76 Å². The maximum absolute atomic E-state index is 12.0. The van der Waals surface area contributed by atoms with E-state index in [1.54, 1.807) is 30.3 Å². The molecule has 1 aliphatic rings. The quantitative estimate of drug-likeness (QED) is 0.442. The molecular formula is C17H17NO6. The van der Waals surface area contributed by atoms with Crippen LogP contribution >= 0.6 is 0 Å². The molecule has 0 bridgehead atoms. The first-order valence-corrected chi connectivity index (χ1v) is 7.25. The van der Waals surface area contributed by atoms with Crippen LogP contribution in [0.3, 0.4) is 0 Å². The highest BCUT2D eigenvalue weighted by molar-refractivity contribution is 6.48. The number of ketones is 2. The molecule has 0 radical (unpaired) electrons. The molecule has 4 N–H and O–H groups in total. The van der Waals surface area contributed by atoms with Crippen molar-refractivity contribution in [3.05, 3.63) is 59.0 Å². The number of aliphatic hydroxyl groups is 2. The van der Waals surface area contributed by atoms with Crippen molar-refractivity contribution in [2.45, 2.75) is 25.5 Å². The minimum Gasteiger partial charge on any atom is -0.505 e. The predicted molar refractivity (Wildman–Crippen MR) is 84.1 cm³/mol. The van der Waals surface area contributed by atoms with Crippen LogP contribution in [-0.4, -0.2) is 45.0 Å². The molecule has 7 nitrogen and oxygen atoms in total. The van der Waals surface area contributed by atoms with Gasteiger partial charge in [-0.15, -0.1) is 0 Å². The van der Waals surface area contributed by atoms with E-state index in [4.69, 9.17) is 5.11 Å². The number of carbonyl (C=O) groups is 3. The van der Waals surface area contributed by atoms with Crippen molar-refractivity contribution in [1.82, 2.24) is 5.32 Å². The lowest BCUT2D eigenvalue weighted by Gasteiger charge is -2.23. The van der Waals surface area contributed by atoms with E-state index in [9.17, 15) is 24.6 Å². The number of hydrogen-bond donors (Lipinski definition) is 4. The van der Waals surface area contributed by atoms with Gasteiger partial charge in [-0.05, 0) is 12.5 Å². The molecule has 0 saturated carbocycles. The van der Waals surface area contributed by atoms with Crippen LogP contribution < -0.4 is 5.32 Å². The zero-order valence-corrected chi connectivity index (χ0v) is 12.9. The fraction of sp³-hybridized carbons (Fsp3) is 0.235. The van der Waals surface area contributed by atoms with Crippen LogP contribution in [0.4, 0.5) is 0 Å². The molecule has 0 heterocycles. The summed E-state index contributed by atoms with van der Waals surface area (Å²) < 4.78 is 0. The van der Waals surface area contributed by atoms with Crippen molar-refractivity contribution in [2.24, 2.45) is 0 Å². The monoisotopic (exact) mass is 331 g/mol. The number of aliphatic hydroxyl groups excluding tert-OH is 2. The summed E-state index contributed by atoms with van der Waals surface area (Å²) in [6.45, 7) is 1.26. The van der Waals surface area contributed by atoms with E-state index in [0.717, 1.165) is 6.08 Å². The zero-order valence-electron chi connectivity index (χ0n) is 12.9. The van der Waals surface area contributed by atoms with Crippen LogP contribution in [0.1, 0.15) is 12.5 Å². The molecule has 2 rings (SSSR count). The number of carboxylic acid groups (broad SMARTS) is 1. The minimum atomic E-state index is -1.43. The van der Waals surface area contributed by atoms with Gasteiger partial charge in [0.25, 0.3) is 0 Å². The van der Waals surface area contributed by atoms with Gasteiger partial charge in [0.2, 0.25) is 11.6 Å². The van der Waals surface area contributed by atoms with Crippen molar-refractivity contribution in [1.29, 1.82) is 0 Å². The fourth-order valence-electron chi connectivity index (χ4n) is 2.31. The van der Waals surface area contributed by atoms with Crippen molar-refractivity contribution < 1.29 is 29.7 Å². The van der Waals surface area contributed by atoms with E-state index in [-0.39, 0.29) is 17.7 Å². The topological polar surface area (TPSA) is 124 Å². The molecule has 1 aromatic rings. The Hall–Kier alpha value is -2.93. The lowest BCUT2D eigenvalue weighted by Crippen LogP contribution is -2.45. The second kappa shape index (κ2) is 7.10. The molecule has 0 aromatic heterocycles. The zero-order chi connectivity index (χ0) is 17.9. The van der Waals surface area contributed by atoms with Gasteiger partial charge in [-0.2, -0.15) is 0 Å². The number of carboxylic acids is 1. The fourth-order valence-corrected chi connectivity index (χ4v) is 2.31. The summed E-state index contributed by atoms with van der Waals surface area (Å²) in [6, 6.07) is 7.34. The molecule has 0 aliphatic heterocycles. The molecule has 0 unspecified atom stereocenters. The Morgan fingerprint density at radius 2 is 1.83 bits per heavy atom. The van der Waals surface area contributed by atoms with Crippen molar-refractivity contribution in [2.75, 3.05) is 0 Å². The smallest absolute Gasteiger partial charge is 0.328 e. The van der Waals surface area contributed by atoms with E-state index < -0.39 is 35.4 Å². The highest BCUT2D eigenvalue weighted by Crippen LogP contribution is 2.22. The molecule has 2 atom stereocenters. The summed E-state index contributed by atoms with van der Waals surface area (Å²) in [5.41, 5.74) is 0.400. The van der Waals surface area contributed by atoms with Crippen molar-refractivity contribution in [3.8, 4) is 0 Å². The highest BCUT2D eigenvalue weighted by Gasteiger charge is 2.32. The predicted octanol–water partition coefficient (Wildman–Crippen LogP) is 0.500.